The highest BCUT2D eigenvalue weighted by atomic mass is 14.2. The van der Waals surface area contributed by atoms with Crippen molar-refractivity contribution < 1.29 is 0 Å². The number of unbranched alkanes of at least 4 members (excludes halogenated alkanes) is 3. The molecule has 22 heavy (non-hydrogen) atoms. The molecule has 0 radical (unpaired) electrons. The van der Waals surface area contributed by atoms with E-state index in [1.165, 1.54) is 68.9 Å². The minimum atomic E-state index is 1.23. The first-order valence-electron chi connectivity index (χ1n) is 9.08. The van der Waals surface area contributed by atoms with Crippen molar-refractivity contribution in [2.75, 3.05) is 0 Å². The van der Waals surface area contributed by atoms with E-state index in [4.69, 9.17) is 0 Å². The van der Waals surface area contributed by atoms with Crippen LogP contribution >= 0.6 is 0 Å². The van der Waals surface area contributed by atoms with Crippen LogP contribution in [0.1, 0.15) is 62.1 Å². The Morgan fingerprint density at radius 3 is 2.27 bits per heavy atom. The monoisotopic (exact) mass is 292 g/mol. The summed E-state index contributed by atoms with van der Waals surface area (Å²) in [6, 6.07) is 16.0. The third-order valence-corrected chi connectivity index (χ3v) is 4.95. The second-order valence-corrected chi connectivity index (χ2v) is 6.66. The van der Waals surface area contributed by atoms with Crippen LogP contribution in [0, 0.1) is 0 Å². The van der Waals surface area contributed by atoms with Crippen molar-refractivity contribution in [2.24, 2.45) is 0 Å². The molecule has 0 aliphatic heterocycles. The second kappa shape index (κ2) is 7.63. The van der Waals surface area contributed by atoms with Crippen LogP contribution in [0.2, 0.25) is 0 Å². The summed E-state index contributed by atoms with van der Waals surface area (Å²) in [4.78, 5) is 0. The molecule has 2 aromatic carbocycles. The highest BCUT2D eigenvalue weighted by molar-refractivity contribution is 5.69. The second-order valence-electron chi connectivity index (χ2n) is 6.66. The first kappa shape index (κ1) is 15.3. The van der Waals surface area contributed by atoms with Crippen LogP contribution < -0.4 is 0 Å². The Morgan fingerprint density at radius 2 is 1.55 bits per heavy atom. The molecule has 0 aromatic heterocycles. The van der Waals surface area contributed by atoms with Crippen LogP contribution in [0.5, 0.6) is 0 Å². The fraction of sp³-hybridized carbons (Fsp3) is 0.455. The number of benzene rings is 2. The van der Waals surface area contributed by atoms with Crippen LogP contribution in [0.25, 0.3) is 11.1 Å². The summed E-state index contributed by atoms with van der Waals surface area (Å²) in [6.45, 7) is 2.29. The van der Waals surface area contributed by atoms with Gasteiger partial charge in [-0.1, -0.05) is 68.7 Å². The van der Waals surface area contributed by atoms with Gasteiger partial charge in [-0.2, -0.15) is 0 Å². The largest absolute Gasteiger partial charge is 0.0654 e. The van der Waals surface area contributed by atoms with Crippen LogP contribution in [0.15, 0.2) is 42.5 Å². The first-order valence-corrected chi connectivity index (χ1v) is 9.08. The van der Waals surface area contributed by atoms with Crippen LogP contribution in [-0.2, 0) is 19.3 Å². The molecule has 0 atom stereocenters. The van der Waals surface area contributed by atoms with Gasteiger partial charge in [0.15, 0.2) is 0 Å². The SMILES string of the molecule is CCCCCCc1cc2c(cc1-c1ccccc1)CCCC2. The lowest BCUT2D eigenvalue weighted by Crippen LogP contribution is -2.05. The third-order valence-electron chi connectivity index (χ3n) is 4.95. The lowest BCUT2D eigenvalue weighted by molar-refractivity contribution is 0.662. The smallest absolute Gasteiger partial charge is 0.0149 e. The molecule has 0 fully saturated rings. The normalized spacial score (nSPS) is 13.9. The Labute approximate surface area is 135 Å². The van der Waals surface area contributed by atoms with E-state index in [1.54, 1.807) is 16.7 Å². The van der Waals surface area contributed by atoms with E-state index < -0.39 is 0 Å². The zero-order chi connectivity index (χ0) is 15.2. The van der Waals surface area contributed by atoms with E-state index in [0.29, 0.717) is 0 Å². The Balaban J connectivity index is 1.90. The van der Waals surface area contributed by atoms with E-state index in [-0.39, 0.29) is 0 Å². The van der Waals surface area contributed by atoms with Crippen LogP contribution in [0.4, 0.5) is 0 Å². The molecule has 2 aromatic rings. The van der Waals surface area contributed by atoms with Crippen molar-refractivity contribution in [3.05, 3.63) is 59.2 Å². The summed E-state index contributed by atoms with van der Waals surface area (Å²) in [6.07, 6.45) is 11.9. The lowest BCUT2D eigenvalue weighted by atomic mass is 9.85. The molecule has 116 valence electrons. The van der Waals surface area contributed by atoms with E-state index in [9.17, 15) is 0 Å². The molecule has 0 N–H and O–H groups in total. The van der Waals surface area contributed by atoms with E-state index in [1.807, 2.05) is 0 Å². The molecule has 0 heterocycles. The molecule has 0 unspecified atom stereocenters. The Hall–Kier alpha value is -1.56. The molecule has 3 rings (SSSR count). The molecule has 0 heteroatoms. The van der Waals surface area contributed by atoms with Gasteiger partial charge in [0.2, 0.25) is 0 Å². The van der Waals surface area contributed by atoms with Crippen molar-refractivity contribution in [1.29, 1.82) is 0 Å². The number of hydrogen-bond donors (Lipinski definition) is 0. The molecule has 0 amide bonds. The molecule has 0 saturated heterocycles. The maximum Gasteiger partial charge on any atom is -0.0149 e. The van der Waals surface area contributed by atoms with Gasteiger partial charge in [0.1, 0.15) is 0 Å². The van der Waals surface area contributed by atoms with Crippen molar-refractivity contribution in [1.82, 2.24) is 0 Å². The fourth-order valence-electron chi connectivity index (χ4n) is 3.67. The van der Waals surface area contributed by atoms with Gasteiger partial charge in [-0.25, -0.2) is 0 Å². The average molecular weight is 292 g/mol. The molecular formula is C22H28. The van der Waals surface area contributed by atoms with E-state index in [0.717, 1.165) is 0 Å². The standard InChI is InChI=1S/C22H28/c1-2-3-4-6-15-21-16-19-13-9-10-14-20(19)17-22(21)18-11-7-5-8-12-18/h5,7-8,11-12,16-17H,2-4,6,9-10,13-15H2,1H3. The maximum atomic E-state index is 2.53. The highest BCUT2D eigenvalue weighted by Crippen LogP contribution is 2.32. The summed E-state index contributed by atoms with van der Waals surface area (Å²) in [5, 5.41) is 0. The molecule has 0 nitrogen and oxygen atoms in total. The van der Waals surface area contributed by atoms with Crippen molar-refractivity contribution in [3.8, 4) is 11.1 Å². The quantitative estimate of drug-likeness (QED) is 0.544. The Morgan fingerprint density at radius 1 is 0.818 bits per heavy atom. The van der Waals surface area contributed by atoms with Gasteiger partial charge in [-0.05, 0) is 66.3 Å². The van der Waals surface area contributed by atoms with Crippen molar-refractivity contribution in [2.45, 2.75) is 64.7 Å². The minimum absolute atomic E-state index is 1.23. The maximum absolute atomic E-state index is 2.53. The van der Waals surface area contributed by atoms with Gasteiger partial charge in [-0.15, -0.1) is 0 Å². The van der Waals surface area contributed by atoms with Crippen LogP contribution in [0.3, 0.4) is 0 Å². The van der Waals surface area contributed by atoms with E-state index in [2.05, 4.69) is 49.4 Å². The molecule has 1 aliphatic carbocycles. The Kier molecular flexibility index (Phi) is 5.32. The average Bonchev–Trinajstić information content (AvgIpc) is 2.59. The molecular weight excluding hydrogens is 264 g/mol. The molecule has 0 saturated carbocycles. The minimum Gasteiger partial charge on any atom is -0.0654 e. The third kappa shape index (κ3) is 3.61. The summed E-state index contributed by atoms with van der Waals surface area (Å²) in [5.41, 5.74) is 7.67. The Bertz CT molecular complexity index is 595. The number of aryl methyl sites for hydroxylation is 3. The van der Waals surface area contributed by atoms with Crippen LogP contribution in [-0.4, -0.2) is 0 Å². The summed E-state index contributed by atoms with van der Waals surface area (Å²) < 4.78 is 0. The number of rotatable bonds is 6. The lowest BCUT2D eigenvalue weighted by Gasteiger charge is -2.20. The van der Waals surface area contributed by atoms with Crippen molar-refractivity contribution >= 4 is 0 Å². The zero-order valence-electron chi connectivity index (χ0n) is 13.9. The molecule has 0 spiro atoms. The van der Waals surface area contributed by atoms with Gasteiger partial charge in [0, 0.05) is 0 Å². The van der Waals surface area contributed by atoms with Gasteiger partial charge in [-0.3, -0.25) is 0 Å². The highest BCUT2D eigenvalue weighted by Gasteiger charge is 2.14. The first-order chi connectivity index (χ1) is 10.9. The predicted molar refractivity (Wildman–Crippen MR) is 96.4 cm³/mol. The van der Waals surface area contributed by atoms with Gasteiger partial charge >= 0.3 is 0 Å². The van der Waals surface area contributed by atoms with Gasteiger partial charge in [0.25, 0.3) is 0 Å². The van der Waals surface area contributed by atoms with Gasteiger partial charge in [0.05, 0.1) is 0 Å². The summed E-state index contributed by atoms with van der Waals surface area (Å²) in [5.74, 6) is 0. The van der Waals surface area contributed by atoms with E-state index >= 15 is 0 Å². The number of fused-ring (bicyclic) bond motifs is 1. The topological polar surface area (TPSA) is 0 Å². The summed E-state index contributed by atoms with van der Waals surface area (Å²) >= 11 is 0. The molecule has 1 aliphatic rings. The zero-order valence-corrected chi connectivity index (χ0v) is 13.9. The number of hydrogen-bond acceptors (Lipinski definition) is 0. The fourth-order valence-corrected chi connectivity index (χ4v) is 3.67. The van der Waals surface area contributed by atoms with Crippen molar-refractivity contribution in [3.63, 3.8) is 0 Å². The molecule has 0 bridgehead atoms. The predicted octanol–water partition coefficient (Wildman–Crippen LogP) is 6.36. The van der Waals surface area contributed by atoms with Gasteiger partial charge < -0.3 is 0 Å². The summed E-state index contributed by atoms with van der Waals surface area (Å²) in [7, 11) is 0.